The van der Waals surface area contributed by atoms with Crippen LogP contribution in [0.15, 0.2) is 53.4 Å². The number of nitrogens with one attached hydrogen (secondary N) is 1. The van der Waals surface area contributed by atoms with Gasteiger partial charge in [0.05, 0.1) is 29.3 Å². The van der Waals surface area contributed by atoms with Gasteiger partial charge in [-0.15, -0.1) is 0 Å². The average Bonchev–Trinajstić information content (AvgIpc) is 3.08. The van der Waals surface area contributed by atoms with E-state index in [2.05, 4.69) is 28.4 Å². The molecule has 2 aromatic rings. The van der Waals surface area contributed by atoms with Crippen LogP contribution < -0.4 is 15.0 Å². The van der Waals surface area contributed by atoms with E-state index in [4.69, 9.17) is 21.1 Å². The van der Waals surface area contributed by atoms with E-state index in [1.54, 1.807) is 32.2 Å². The van der Waals surface area contributed by atoms with Gasteiger partial charge >= 0.3 is 0 Å². The minimum Gasteiger partial charge on any atom is -0.490 e. The summed E-state index contributed by atoms with van der Waals surface area (Å²) in [5.41, 5.74) is 3.08. The summed E-state index contributed by atoms with van der Waals surface area (Å²) in [6.07, 6.45) is 9.24. The van der Waals surface area contributed by atoms with Gasteiger partial charge in [-0.25, -0.2) is 8.42 Å². The highest BCUT2D eigenvalue weighted by molar-refractivity contribution is 7.92. The van der Waals surface area contributed by atoms with Crippen molar-refractivity contribution >= 4 is 32.9 Å². The van der Waals surface area contributed by atoms with Gasteiger partial charge in [0.2, 0.25) is 0 Å². The van der Waals surface area contributed by atoms with Gasteiger partial charge in [-0.3, -0.25) is 4.79 Å². The number of nitrogens with zero attached hydrogens (tertiary/aromatic N) is 1. The number of fused-ring (bicyclic) bond motifs is 4. The van der Waals surface area contributed by atoms with Crippen LogP contribution in [-0.2, 0) is 31.2 Å². The Morgan fingerprint density at radius 2 is 2.02 bits per heavy atom. The molecule has 9 heteroatoms. The molecule has 0 aromatic heterocycles. The van der Waals surface area contributed by atoms with Gasteiger partial charge in [0, 0.05) is 37.2 Å². The fourth-order valence-corrected chi connectivity index (χ4v) is 8.73. The first kappa shape index (κ1) is 28.7. The molecular formula is C32H39ClN2O5S. The van der Waals surface area contributed by atoms with Crippen molar-refractivity contribution in [2.75, 3.05) is 44.0 Å². The molecule has 4 aliphatic rings. The Kier molecular flexibility index (Phi) is 7.96. The normalized spacial score (nSPS) is 32.2. The SMILES string of the molecule is CO[C@@H]1/C=C\CN[C@H](C)C(=O)CS(=O)(=O)c2ccc3c(c2)N(C[C@@H]2CC[C@H]21)C[C@@]1(CCCc2cc(Cl)ccc21)CO3. The maximum Gasteiger partial charge on any atom is 0.185 e. The first-order valence-electron chi connectivity index (χ1n) is 14.7. The highest BCUT2D eigenvalue weighted by Crippen LogP contribution is 2.47. The van der Waals surface area contributed by atoms with Crippen molar-refractivity contribution in [2.45, 2.75) is 61.5 Å². The van der Waals surface area contributed by atoms with E-state index >= 15 is 0 Å². The molecule has 220 valence electrons. The smallest absolute Gasteiger partial charge is 0.185 e. The lowest BCUT2D eigenvalue weighted by molar-refractivity contribution is -0.118. The Hall–Kier alpha value is -2.39. The molecule has 0 radical (unpaired) electrons. The van der Waals surface area contributed by atoms with E-state index in [9.17, 15) is 13.2 Å². The zero-order chi connectivity index (χ0) is 28.8. The summed E-state index contributed by atoms with van der Waals surface area (Å²) in [6.45, 7) is 4.19. The maximum absolute atomic E-state index is 13.5. The van der Waals surface area contributed by atoms with E-state index in [0.29, 0.717) is 37.3 Å². The summed E-state index contributed by atoms with van der Waals surface area (Å²) >= 11 is 6.39. The molecule has 5 atom stereocenters. The van der Waals surface area contributed by atoms with Crippen molar-refractivity contribution in [3.63, 3.8) is 0 Å². The third-order valence-electron chi connectivity index (χ3n) is 9.68. The second-order valence-corrected chi connectivity index (χ2v) is 14.6. The largest absolute Gasteiger partial charge is 0.490 e. The Morgan fingerprint density at radius 1 is 1.17 bits per heavy atom. The molecular weight excluding hydrogens is 560 g/mol. The fraction of sp³-hybridized carbons (Fsp3) is 0.531. The van der Waals surface area contributed by atoms with Crippen molar-refractivity contribution in [1.29, 1.82) is 0 Å². The molecule has 41 heavy (non-hydrogen) atoms. The molecule has 7 nitrogen and oxygen atoms in total. The van der Waals surface area contributed by atoms with Crippen LogP contribution in [0.2, 0.25) is 5.02 Å². The number of methoxy groups -OCH3 is 1. The van der Waals surface area contributed by atoms with Gasteiger partial charge in [0.15, 0.2) is 15.6 Å². The van der Waals surface area contributed by atoms with Crippen LogP contribution in [-0.4, -0.2) is 65.5 Å². The number of benzene rings is 2. The second kappa shape index (κ2) is 11.4. The molecule has 1 spiro atoms. The summed E-state index contributed by atoms with van der Waals surface area (Å²) in [5, 5.41) is 3.89. The van der Waals surface area contributed by atoms with Gasteiger partial charge in [0.25, 0.3) is 0 Å². The number of ketones is 1. The Labute approximate surface area is 248 Å². The number of carbonyl (C=O) groups excluding carboxylic acids is 1. The molecule has 1 saturated carbocycles. The van der Waals surface area contributed by atoms with Gasteiger partial charge in [-0.1, -0.05) is 29.8 Å². The standard InChI is InChI=1S/C32H39ClN2O5S/c1-21-29(36)18-41(37,38)25-9-12-31-28(16-25)35(17-23-7-10-26(23)30(39-2)6-4-14-34-21)19-32(20-40-31)13-3-5-22-15-24(33)8-11-27(22)32/h4,6,8-9,11-12,15-16,21,23,26,30,34H,3,5,7,10,13-14,17-20H2,1-2H3/b6-4-/t21-,23+,26-,30-,32+/m1/s1. The van der Waals surface area contributed by atoms with Crippen LogP contribution in [0.1, 0.15) is 43.7 Å². The number of aryl methyl sites for hydroxylation is 1. The van der Waals surface area contributed by atoms with Crippen LogP contribution >= 0.6 is 11.6 Å². The molecule has 0 amide bonds. The molecule has 0 saturated heterocycles. The lowest BCUT2D eigenvalue weighted by atomic mass is 9.68. The number of hydrogen-bond donors (Lipinski definition) is 1. The first-order valence-corrected chi connectivity index (χ1v) is 16.7. The van der Waals surface area contributed by atoms with Gasteiger partial charge in [0.1, 0.15) is 11.5 Å². The van der Waals surface area contributed by atoms with Gasteiger partial charge < -0.3 is 19.7 Å². The first-order chi connectivity index (χ1) is 19.7. The predicted octanol–water partition coefficient (Wildman–Crippen LogP) is 4.75. The molecule has 2 heterocycles. The summed E-state index contributed by atoms with van der Waals surface area (Å²) in [4.78, 5) is 15.4. The summed E-state index contributed by atoms with van der Waals surface area (Å²) in [5.74, 6) is 0.531. The van der Waals surface area contributed by atoms with Crippen molar-refractivity contribution in [3.05, 3.63) is 64.7 Å². The zero-order valence-electron chi connectivity index (χ0n) is 23.8. The fourth-order valence-electron chi connectivity index (χ4n) is 7.18. The van der Waals surface area contributed by atoms with Crippen molar-refractivity contribution < 1.29 is 22.7 Å². The van der Waals surface area contributed by atoms with Gasteiger partial charge in [-0.05, 0) is 92.3 Å². The second-order valence-electron chi connectivity index (χ2n) is 12.2. The summed E-state index contributed by atoms with van der Waals surface area (Å²) in [7, 11) is -2.08. The third-order valence-corrected chi connectivity index (χ3v) is 11.5. The van der Waals surface area contributed by atoms with E-state index in [1.807, 2.05) is 12.1 Å². The number of Topliss-reactive ketones (excluding diaryl/α,β-unsaturated/α-hetero) is 1. The lowest BCUT2D eigenvalue weighted by Crippen LogP contribution is -2.49. The summed E-state index contributed by atoms with van der Waals surface area (Å²) < 4.78 is 39.4. The number of anilines is 1. The zero-order valence-corrected chi connectivity index (χ0v) is 25.3. The van der Waals surface area contributed by atoms with E-state index in [1.165, 1.54) is 11.1 Å². The molecule has 2 aliphatic heterocycles. The number of halogens is 1. The van der Waals surface area contributed by atoms with Crippen molar-refractivity contribution in [2.24, 2.45) is 11.8 Å². The Bertz CT molecular complexity index is 1460. The monoisotopic (exact) mass is 598 g/mol. The molecule has 2 aliphatic carbocycles. The third kappa shape index (κ3) is 5.56. The van der Waals surface area contributed by atoms with Gasteiger partial charge in [-0.2, -0.15) is 0 Å². The highest BCUT2D eigenvalue weighted by atomic mass is 35.5. The minimum absolute atomic E-state index is 0.0182. The van der Waals surface area contributed by atoms with Crippen LogP contribution in [0.4, 0.5) is 5.69 Å². The van der Waals surface area contributed by atoms with Crippen molar-refractivity contribution in [3.8, 4) is 5.75 Å². The molecule has 1 fully saturated rings. The number of rotatable bonds is 1. The van der Waals surface area contributed by atoms with E-state index in [0.717, 1.165) is 49.4 Å². The average molecular weight is 599 g/mol. The van der Waals surface area contributed by atoms with Crippen LogP contribution in [0.3, 0.4) is 0 Å². The van der Waals surface area contributed by atoms with E-state index < -0.39 is 21.6 Å². The van der Waals surface area contributed by atoms with E-state index in [-0.39, 0.29) is 22.2 Å². The molecule has 1 N–H and O–H groups in total. The molecule has 6 rings (SSSR count). The number of hydrogen-bond acceptors (Lipinski definition) is 7. The highest BCUT2D eigenvalue weighted by Gasteiger charge is 2.44. The predicted molar refractivity (Wildman–Crippen MR) is 161 cm³/mol. The van der Waals surface area contributed by atoms with Crippen LogP contribution in [0.5, 0.6) is 5.75 Å². The number of sulfone groups is 1. The summed E-state index contributed by atoms with van der Waals surface area (Å²) in [6, 6.07) is 10.7. The lowest BCUT2D eigenvalue weighted by Gasteiger charge is -2.46. The molecule has 0 unspecified atom stereocenters. The topological polar surface area (TPSA) is 84.9 Å². The number of ether oxygens (including phenoxy) is 2. The van der Waals surface area contributed by atoms with Crippen LogP contribution in [0.25, 0.3) is 0 Å². The Balaban J connectivity index is 1.44. The quantitative estimate of drug-likeness (QED) is 0.475. The molecule has 2 aromatic carbocycles. The number of carbonyl (C=O) groups is 1. The molecule has 2 bridgehead atoms. The Morgan fingerprint density at radius 3 is 2.80 bits per heavy atom. The van der Waals surface area contributed by atoms with Crippen LogP contribution in [0, 0.1) is 11.8 Å². The van der Waals surface area contributed by atoms with Crippen molar-refractivity contribution in [1.82, 2.24) is 5.32 Å². The minimum atomic E-state index is -3.84. The maximum atomic E-state index is 13.5.